The van der Waals surface area contributed by atoms with Crippen LogP contribution in [0.25, 0.3) is 0 Å². The summed E-state index contributed by atoms with van der Waals surface area (Å²) < 4.78 is 0. The fourth-order valence-electron chi connectivity index (χ4n) is 1.49. The summed E-state index contributed by atoms with van der Waals surface area (Å²) in [6, 6.07) is 2.24. The molecule has 1 aromatic heterocycles. The predicted octanol–water partition coefficient (Wildman–Crippen LogP) is -0.979. The second kappa shape index (κ2) is 8.50. The van der Waals surface area contributed by atoms with Crippen molar-refractivity contribution in [2.24, 2.45) is 0 Å². The van der Waals surface area contributed by atoms with Gasteiger partial charge in [0.25, 0.3) is 5.91 Å². The minimum Gasteiger partial charge on any atom is -0.347 e. The average molecular weight is 306 g/mol. The van der Waals surface area contributed by atoms with Crippen LogP contribution in [0.3, 0.4) is 0 Å². The van der Waals surface area contributed by atoms with Gasteiger partial charge >= 0.3 is 0 Å². The van der Waals surface area contributed by atoms with Crippen molar-refractivity contribution in [2.75, 3.05) is 13.1 Å². The molecule has 1 unspecified atom stereocenters. The number of rotatable bonds is 7. The van der Waals surface area contributed by atoms with Crippen molar-refractivity contribution in [3.63, 3.8) is 0 Å². The Morgan fingerprint density at radius 2 is 1.73 bits per heavy atom. The van der Waals surface area contributed by atoms with Crippen molar-refractivity contribution in [3.05, 3.63) is 30.1 Å². The Bertz CT molecular complexity index is 559. The molecule has 1 atom stereocenters. The van der Waals surface area contributed by atoms with Crippen molar-refractivity contribution < 1.29 is 19.2 Å². The molecule has 0 spiro atoms. The van der Waals surface area contributed by atoms with Crippen LogP contribution in [0.15, 0.2) is 24.5 Å². The third-order valence-corrected chi connectivity index (χ3v) is 2.63. The van der Waals surface area contributed by atoms with E-state index in [4.69, 9.17) is 0 Å². The lowest BCUT2D eigenvalue weighted by Gasteiger charge is -2.13. The van der Waals surface area contributed by atoms with E-state index in [0.717, 1.165) is 0 Å². The van der Waals surface area contributed by atoms with Crippen LogP contribution in [0, 0.1) is 0 Å². The Labute approximate surface area is 127 Å². The number of Topliss-reactive ketones (excluding diaryl/α,β-unsaturated/α-hetero) is 1. The summed E-state index contributed by atoms with van der Waals surface area (Å²) in [6.45, 7) is 2.49. The molecular weight excluding hydrogens is 288 g/mol. The summed E-state index contributed by atoms with van der Waals surface area (Å²) in [5.74, 6) is -1.57. The highest BCUT2D eigenvalue weighted by molar-refractivity contribution is 5.97. The topological polar surface area (TPSA) is 117 Å². The molecule has 0 saturated heterocycles. The molecule has 0 aliphatic carbocycles. The van der Waals surface area contributed by atoms with Gasteiger partial charge in [0.05, 0.1) is 13.1 Å². The van der Waals surface area contributed by atoms with Gasteiger partial charge in [-0.2, -0.15) is 0 Å². The van der Waals surface area contributed by atoms with Gasteiger partial charge in [-0.05, 0) is 26.0 Å². The fraction of sp³-hybridized carbons (Fsp3) is 0.357. The number of hydrogen-bond donors (Lipinski definition) is 3. The zero-order valence-electron chi connectivity index (χ0n) is 12.4. The Balaban J connectivity index is 2.35. The van der Waals surface area contributed by atoms with Gasteiger partial charge in [-0.25, -0.2) is 0 Å². The van der Waals surface area contributed by atoms with Gasteiger partial charge in [0.15, 0.2) is 0 Å². The van der Waals surface area contributed by atoms with Gasteiger partial charge in [-0.3, -0.25) is 24.2 Å². The highest BCUT2D eigenvalue weighted by Crippen LogP contribution is 1.94. The lowest BCUT2D eigenvalue weighted by Crippen LogP contribution is -2.48. The largest absolute Gasteiger partial charge is 0.347 e. The minimum absolute atomic E-state index is 0.0855. The van der Waals surface area contributed by atoms with Crippen molar-refractivity contribution in [1.29, 1.82) is 0 Å². The minimum atomic E-state index is -0.801. The van der Waals surface area contributed by atoms with Crippen LogP contribution in [0.5, 0.6) is 0 Å². The summed E-state index contributed by atoms with van der Waals surface area (Å²) >= 11 is 0. The number of pyridine rings is 1. The molecule has 118 valence electrons. The molecule has 8 nitrogen and oxygen atoms in total. The molecule has 8 heteroatoms. The van der Waals surface area contributed by atoms with E-state index in [9.17, 15) is 19.2 Å². The summed E-state index contributed by atoms with van der Waals surface area (Å²) in [5.41, 5.74) is 0.384. The number of carbonyl (C=O) groups excluding carboxylic acids is 4. The number of carbonyl (C=O) groups is 4. The van der Waals surface area contributed by atoms with Gasteiger partial charge < -0.3 is 16.0 Å². The summed E-state index contributed by atoms with van der Waals surface area (Å²) in [7, 11) is 0. The van der Waals surface area contributed by atoms with Gasteiger partial charge in [-0.15, -0.1) is 0 Å². The van der Waals surface area contributed by atoms with Gasteiger partial charge in [0.2, 0.25) is 11.8 Å². The van der Waals surface area contributed by atoms with Crippen LogP contribution in [-0.2, 0) is 14.4 Å². The van der Waals surface area contributed by atoms with Gasteiger partial charge in [-0.1, -0.05) is 0 Å². The van der Waals surface area contributed by atoms with E-state index in [1.165, 1.54) is 38.4 Å². The van der Waals surface area contributed by atoms with Crippen molar-refractivity contribution in [1.82, 2.24) is 20.9 Å². The molecule has 3 N–H and O–H groups in total. The molecule has 22 heavy (non-hydrogen) atoms. The lowest BCUT2D eigenvalue weighted by molar-refractivity contribution is -0.129. The average Bonchev–Trinajstić information content (AvgIpc) is 2.50. The number of amides is 3. The van der Waals surface area contributed by atoms with Crippen molar-refractivity contribution >= 4 is 23.5 Å². The van der Waals surface area contributed by atoms with E-state index < -0.39 is 23.8 Å². The van der Waals surface area contributed by atoms with Crippen LogP contribution in [0.1, 0.15) is 24.2 Å². The molecule has 0 bridgehead atoms. The first-order valence-corrected chi connectivity index (χ1v) is 6.65. The van der Waals surface area contributed by atoms with Gasteiger partial charge in [0.1, 0.15) is 11.8 Å². The Morgan fingerprint density at radius 3 is 2.32 bits per heavy atom. The molecule has 1 aromatic rings. The number of hydrogen-bond acceptors (Lipinski definition) is 5. The maximum atomic E-state index is 11.7. The van der Waals surface area contributed by atoms with Crippen LogP contribution >= 0.6 is 0 Å². The van der Waals surface area contributed by atoms with Crippen LogP contribution < -0.4 is 16.0 Å². The lowest BCUT2D eigenvalue weighted by atomic mass is 10.2. The second-order valence-electron chi connectivity index (χ2n) is 4.63. The first kappa shape index (κ1) is 17.3. The van der Waals surface area contributed by atoms with Crippen LogP contribution in [-0.4, -0.2) is 47.6 Å². The highest BCUT2D eigenvalue weighted by Gasteiger charge is 2.16. The molecule has 3 amide bonds. The third kappa shape index (κ3) is 6.12. The third-order valence-electron chi connectivity index (χ3n) is 2.63. The van der Waals surface area contributed by atoms with E-state index in [-0.39, 0.29) is 18.9 Å². The number of nitrogens with zero attached hydrogens (tertiary/aromatic N) is 1. The number of nitrogens with one attached hydrogen (secondary N) is 3. The molecule has 1 heterocycles. The normalized spacial score (nSPS) is 11.2. The maximum Gasteiger partial charge on any atom is 0.251 e. The number of ketones is 1. The molecule has 0 aliphatic rings. The zero-order chi connectivity index (χ0) is 16.5. The van der Waals surface area contributed by atoms with Crippen molar-refractivity contribution in [3.8, 4) is 0 Å². The SMILES string of the molecule is CC(=O)CNC(=O)C(C)NC(=O)CNC(=O)c1ccncc1. The van der Waals surface area contributed by atoms with E-state index in [2.05, 4.69) is 20.9 Å². The first-order valence-electron chi connectivity index (χ1n) is 6.65. The van der Waals surface area contributed by atoms with Crippen molar-refractivity contribution in [2.45, 2.75) is 19.9 Å². The molecule has 0 fully saturated rings. The summed E-state index contributed by atoms with van der Waals surface area (Å²) in [6.07, 6.45) is 2.94. The molecular formula is C14H18N4O4. The smallest absolute Gasteiger partial charge is 0.251 e. The second-order valence-corrected chi connectivity index (χ2v) is 4.63. The Morgan fingerprint density at radius 1 is 1.09 bits per heavy atom. The Kier molecular flexibility index (Phi) is 6.68. The maximum absolute atomic E-state index is 11.7. The monoisotopic (exact) mass is 306 g/mol. The Hall–Kier alpha value is -2.77. The summed E-state index contributed by atoms with van der Waals surface area (Å²) in [5, 5.41) is 7.23. The van der Waals surface area contributed by atoms with Crippen LogP contribution in [0.4, 0.5) is 0 Å². The molecule has 0 aromatic carbocycles. The molecule has 0 radical (unpaired) electrons. The zero-order valence-corrected chi connectivity index (χ0v) is 12.4. The summed E-state index contributed by atoms with van der Waals surface area (Å²) in [4.78, 5) is 49.5. The van der Waals surface area contributed by atoms with Gasteiger partial charge in [0, 0.05) is 18.0 Å². The highest BCUT2D eigenvalue weighted by atomic mass is 16.2. The van der Waals surface area contributed by atoms with E-state index >= 15 is 0 Å². The fourth-order valence-corrected chi connectivity index (χ4v) is 1.49. The molecule has 1 rings (SSSR count). The predicted molar refractivity (Wildman–Crippen MR) is 77.9 cm³/mol. The quantitative estimate of drug-likeness (QED) is 0.598. The van der Waals surface area contributed by atoms with E-state index in [0.29, 0.717) is 5.56 Å². The van der Waals surface area contributed by atoms with E-state index in [1.807, 2.05) is 0 Å². The molecule has 0 saturated carbocycles. The molecule has 0 aliphatic heterocycles. The van der Waals surface area contributed by atoms with Crippen LogP contribution in [0.2, 0.25) is 0 Å². The first-order chi connectivity index (χ1) is 10.4. The standard InChI is InChI=1S/C14H18N4O4/c1-9(19)7-16-13(21)10(2)18-12(20)8-17-14(22)11-3-5-15-6-4-11/h3-6,10H,7-8H2,1-2H3,(H,16,21)(H,17,22)(H,18,20). The van der Waals surface area contributed by atoms with E-state index in [1.54, 1.807) is 0 Å². The number of aromatic nitrogens is 1.